The van der Waals surface area contributed by atoms with E-state index in [1.807, 2.05) is 36.4 Å². The normalized spacial score (nSPS) is 30.9. The molecule has 1 saturated heterocycles. The van der Waals surface area contributed by atoms with Crippen LogP contribution in [0.2, 0.25) is 0 Å². The van der Waals surface area contributed by atoms with Crippen LogP contribution in [0.3, 0.4) is 0 Å². The van der Waals surface area contributed by atoms with Crippen LogP contribution in [0.15, 0.2) is 36.4 Å². The quantitative estimate of drug-likeness (QED) is 0.436. The highest BCUT2D eigenvalue weighted by atomic mass is 32.2. The maximum absolute atomic E-state index is 14.1. The van der Waals surface area contributed by atoms with E-state index in [0.29, 0.717) is 70.4 Å². The molecule has 47 heavy (non-hydrogen) atoms. The van der Waals surface area contributed by atoms with Crippen molar-refractivity contribution in [2.45, 2.75) is 68.3 Å². The van der Waals surface area contributed by atoms with Crippen molar-refractivity contribution in [1.29, 1.82) is 0 Å². The number of carbonyl (C=O) groups excluding carboxylic acids is 3. The van der Waals surface area contributed by atoms with Gasteiger partial charge in [-0.15, -0.1) is 0 Å². The number of fused-ring (bicyclic) bond motifs is 3. The Morgan fingerprint density at radius 1 is 1.06 bits per heavy atom. The number of para-hydroxylation sites is 1. The monoisotopic (exact) mass is 666 g/mol. The largest absolute Gasteiger partial charge is 0.474 e. The predicted molar refractivity (Wildman–Crippen MR) is 173 cm³/mol. The highest BCUT2D eigenvalue weighted by Crippen LogP contribution is 2.47. The molecule has 5 aliphatic rings. The number of nitrogens with one attached hydrogen (secondary N) is 2. The maximum atomic E-state index is 14.1. The smallest absolute Gasteiger partial charge is 0.259 e. The van der Waals surface area contributed by atoms with E-state index in [1.165, 1.54) is 0 Å². The number of morpholine rings is 1. The van der Waals surface area contributed by atoms with Gasteiger partial charge >= 0.3 is 0 Å². The number of hydrogen-bond donors (Lipinski definition) is 2. The van der Waals surface area contributed by atoms with Crippen LogP contribution in [0.5, 0.6) is 5.88 Å². The van der Waals surface area contributed by atoms with Gasteiger partial charge in [-0.3, -0.25) is 19.1 Å². The zero-order valence-electron chi connectivity index (χ0n) is 26.6. The second-order valence-corrected chi connectivity index (χ2v) is 15.5. The highest BCUT2D eigenvalue weighted by Gasteiger charge is 2.62. The number of ether oxygens (including phenoxy) is 2. The summed E-state index contributed by atoms with van der Waals surface area (Å²) in [6, 6.07) is 7.59. The predicted octanol–water partition coefficient (Wildman–Crippen LogP) is 1.92. The molecule has 0 bridgehead atoms. The second-order valence-electron chi connectivity index (χ2n) is 13.5. The summed E-state index contributed by atoms with van der Waals surface area (Å²) in [7, 11) is -2.05. The minimum Gasteiger partial charge on any atom is -0.474 e. The first-order valence-electron chi connectivity index (χ1n) is 16.7. The molecule has 2 aliphatic heterocycles. The van der Waals surface area contributed by atoms with E-state index in [2.05, 4.69) is 14.9 Å². The Bertz CT molecular complexity index is 1690. The Hall–Kier alpha value is -3.78. The minimum absolute atomic E-state index is 0.146. The molecule has 1 aromatic heterocycles. The lowest BCUT2D eigenvalue weighted by Gasteiger charge is -2.27. The molecule has 14 heteroatoms. The van der Waals surface area contributed by atoms with Gasteiger partial charge in [-0.1, -0.05) is 24.3 Å². The van der Waals surface area contributed by atoms with Crippen LogP contribution >= 0.6 is 0 Å². The standard InChI is InChI=1S/C33H42N6O7S/c1-38-13-7-3-2-4-8-21-20-33(21,31(42)37-47(43,44)23-11-12-23)36-28(40)25-18-22(19-26(25)30(38)41)46-29-24-9-5-6-10-27(24)34-32(35-29)39-14-16-45-17-15-39/h4-6,8-10,21-23,25-26H,2-3,7,11-20H2,1H3,(H,36,40)(H,37,42)/b8-4-/t21-,22+,25+,26+,33+/m0/s1. The molecule has 1 aromatic carbocycles. The van der Waals surface area contributed by atoms with Crippen LogP contribution in [0, 0.1) is 17.8 Å². The van der Waals surface area contributed by atoms with Crippen molar-refractivity contribution >= 4 is 44.6 Å². The maximum Gasteiger partial charge on any atom is 0.259 e. The van der Waals surface area contributed by atoms with Gasteiger partial charge in [-0.2, -0.15) is 4.98 Å². The van der Waals surface area contributed by atoms with Crippen LogP contribution in [-0.4, -0.2) is 97.8 Å². The topological polar surface area (TPSA) is 160 Å². The Morgan fingerprint density at radius 3 is 2.62 bits per heavy atom. The van der Waals surface area contributed by atoms with Crippen LogP contribution in [0.1, 0.15) is 51.4 Å². The molecule has 3 amide bonds. The van der Waals surface area contributed by atoms with E-state index in [9.17, 15) is 22.8 Å². The third-order valence-electron chi connectivity index (χ3n) is 10.1. The fourth-order valence-corrected chi connectivity index (χ4v) is 8.44. The zero-order valence-corrected chi connectivity index (χ0v) is 27.4. The molecule has 2 N–H and O–H groups in total. The number of sulfonamides is 1. The number of aromatic nitrogens is 2. The van der Waals surface area contributed by atoms with Gasteiger partial charge < -0.3 is 24.6 Å². The molecular weight excluding hydrogens is 624 g/mol. The summed E-state index contributed by atoms with van der Waals surface area (Å²) in [5, 5.41) is 3.10. The zero-order chi connectivity index (χ0) is 32.8. The van der Waals surface area contributed by atoms with Gasteiger partial charge in [-0.05, 0) is 63.5 Å². The van der Waals surface area contributed by atoms with E-state index >= 15 is 0 Å². The molecule has 13 nitrogen and oxygen atoms in total. The van der Waals surface area contributed by atoms with E-state index < -0.39 is 50.6 Å². The van der Waals surface area contributed by atoms with Crippen LogP contribution < -0.4 is 19.7 Å². The first kappa shape index (κ1) is 31.8. The third kappa shape index (κ3) is 6.54. The molecule has 0 unspecified atom stereocenters. The minimum atomic E-state index is -3.81. The van der Waals surface area contributed by atoms with E-state index in [-0.39, 0.29) is 18.2 Å². The number of amides is 3. The Balaban J connectivity index is 1.16. The molecule has 2 aromatic rings. The van der Waals surface area contributed by atoms with Crippen molar-refractivity contribution in [3.8, 4) is 5.88 Å². The average molecular weight is 667 g/mol. The van der Waals surface area contributed by atoms with E-state index in [4.69, 9.17) is 19.4 Å². The van der Waals surface area contributed by atoms with Gasteiger partial charge in [0.2, 0.25) is 33.7 Å². The van der Waals surface area contributed by atoms with Crippen molar-refractivity contribution in [2.75, 3.05) is 44.8 Å². The van der Waals surface area contributed by atoms with Gasteiger partial charge in [0.1, 0.15) is 11.6 Å². The number of nitrogens with zero attached hydrogens (tertiary/aromatic N) is 4. The van der Waals surface area contributed by atoms with Crippen molar-refractivity contribution in [2.24, 2.45) is 17.8 Å². The number of anilines is 1. The van der Waals surface area contributed by atoms with Gasteiger partial charge in [0.25, 0.3) is 5.91 Å². The molecule has 3 heterocycles. The van der Waals surface area contributed by atoms with Gasteiger partial charge in [0.15, 0.2) is 0 Å². The SMILES string of the molecule is CN1CCCC/C=C\[C@H]2C[C@@]2(C(=O)NS(=O)(=O)C2CC2)NC(=O)[C@@H]2C[C@@H](Oc3nc(N4CCOCC4)nc4ccccc34)C[C@H]2C1=O. The van der Waals surface area contributed by atoms with E-state index in [1.54, 1.807) is 11.9 Å². The van der Waals surface area contributed by atoms with E-state index in [0.717, 1.165) is 30.2 Å². The van der Waals surface area contributed by atoms with Gasteiger partial charge in [0.05, 0.1) is 41.2 Å². The van der Waals surface area contributed by atoms with Crippen molar-refractivity contribution in [3.63, 3.8) is 0 Å². The highest BCUT2D eigenvalue weighted by molar-refractivity contribution is 7.91. The molecule has 0 radical (unpaired) electrons. The molecular formula is C33H42N6O7S. The Labute approximate surface area is 274 Å². The lowest BCUT2D eigenvalue weighted by atomic mass is 9.93. The summed E-state index contributed by atoms with van der Waals surface area (Å²) in [5.74, 6) is -2.17. The van der Waals surface area contributed by atoms with Crippen molar-refractivity contribution in [3.05, 3.63) is 36.4 Å². The summed E-state index contributed by atoms with van der Waals surface area (Å²) >= 11 is 0. The number of allylic oxidation sites excluding steroid dienone is 1. The molecule has 252 valence electrons. The Kier molecular flexibility index (Phi) is 8.58. The fourth-order valence-electron chi connectivity index (χ4n) is 7.08. The van der Waals surface area contributed by atoms with Gasteiger partial charge in [-0.25, -0.2) is 13.4 Å². The summed E-state index contributed by atoms with van der Waals surface area (Å²) < 4.78 is 39.7. The van der Waals surface area contributed by atoms with Gasteiger partial charge in [0, 0.05) is 32.6 Å². The van der Waals surface area contributed by atoms with Crippen LogP contribution in [0.4, 0.5) is 5.95 Å². The first-order chi connectivity index (χ1) is 22.6. The number of benzene rings is 1. The third-order valence-corrected chi connectivity index (χ3v) is 11.9. The summed E-state index contributed by atoms with van der Waals surface area (Å²) in [5.41, 5.74) is -0.653. The molecule has 7 rings (SSSR count). The molecule has 3 saturated carbocycles. The van der Waals surface area contributed by atoms with Crippen molar-refractivity contribution < 1.29 is 32.3 Å². The number of carbonyl (C=O) groups is 3. The van der Waals surface area contributed by atoms with Crippen molar-refractivity contribution in [1.82, 2.24) is 24.9 Å². The summed E-state index contributed by atoms with van der Waals surface area (Å²) in [4.78, 5) is 54.8. The fraction of sp³-hybridized carbons (Fsp3) is 0.606. The summed E-state index contributed by atoms with van der Waals surface area (Å²) in [6.07, 6.45) is 7.65. The lowest BCUT2D eigenvalue weighted by molar-refractivity contribution is -0.140. The lowest BCUT2D eigenvalue weighted by Crippen LogP contribution is -2.54. The number of rotatable bonds is 6. The molecule has 3 aliphatic carbocycles. The Morgan fingerprint density at radius 2 is 1.83 bits per heavy atom. The molecule has 5 atom stereocenters. The number of hydrogen-bond acceptors (Lipinski definition) is 10. The average Bonchev–Trinajstić information content (AvgIpc) is 3.99. The van der Waals surface area contributed by atoms with Crippen LogP contribution in [-0.2, 0) is 29.1 Å². The second kappa shape index (κ2) is 12.7. The first-order valence-corrected chi connectivity index (χ1v) is 18.2. The molecule has 0 spiro atoms. The summed E-state index contributed by atoms with van der Waals surface area (Å²) in [6.45, 7) is 3.02. The molecule has 4 fully saturated rings. The van der Waals surface area contributed by atoms with Crippen LogP contribution in [0.25, 0.3) is 10.9 Å².